The molecule has 0 amide bonds. The second-order valence-electron chi connectivity index (χ2n) is 5.13. The highest BCUT2D eigenvalue weighted by Crippen LogP contribution is 2.30. The average molecular weight is 309 g/mol. The molecule has 20 heavy (non-hydrogen) atoms. The van der Waals surface area contributed by atoms with Gasteiger partial charge in [-0.15, -0.1) is 0 Å². The molecule has 0 aliphatic carbocycles. The van der Waals surface area contributed by atoms with Crippen LogP contribution in [0.3, 0.4) is 0 Å². The maximum Gasteiger partial charge on any atom is 0.163 e. The fraction of sp³-hybridized carbons (Fsp3) is 0.375. The predicted molar refractivity (Wildman–Crippen MR) is 85.7 cm³/mol. The van der Waals surface area contributed by atoms with Gasteiger partial charge in [0.1, 0.15) is 10.3 Å². The van der Waals surface area contributed by atoms with Crippen LogP contribution < -0.4 is 0 Å². The van der Waals surface area contributed by atoms with E-state index in [9.17, 15) is 0 Å². The van der Waals surface area contributed by atoms with Gasteiger partial charge in [0.25, 0.3) is 0 Å². The molecular formula is C16H18Cl2N2. The van der Waals surface area contributed by atoms with E-state index >= 15 is 0 Å². The van der Waals surface area contributed by atoms with Gasteiger partial charge in [-0.3, -0.25) is 0 Å². The maximum absolute atomic E-state index is 6.26. The van der Waals surface area contributed by atoms with Gasteiger partial charge in [0.05, 0.1) is 0 Å². The molecule has 0 aliphatic rings. The van der Waals surface area contributed by atoms with Crippen molar-refractivity contribution in [2.75, 3.05) is 0 Å². The van der Waals surface area contributed by atoms with Crippen LogP contribution in [0.4, 0.5) is 0 Å². The SMILES string of the molecule is CCCc1c(Cl)nc(-c2c(C)cc(C)cc2C)nc1Cl. The number of aromatic nitrogens is 2. The van der Waals surface area contributed by atoms with Crippen LogP contribution in [-0.4, -0.2) is 9.97 Å². The molecule has 1 heterocycles. The number of rotatable bonds is 3. The van der Waals surface area contributed by atoms with Crippen molar-refractivity contribution in [3.63, 3.8) is 0 Å². The van der Waals surface area contributed by atoms with Gasteiger partial charge in [-0.1, -0.05) is 54.2 Å². The van der Waals surface area contributed by atoms with Crippen LogP contribution in [0.1, 0.15) is 35.6 Å². The van der Waals surface area contributed by atoms with Crippen LogP contribution in [0.25, 0.3) is 11.4 Å². The Labute approximate surface area is 130 Å². The van der Waals surface area contributed by atoms with Crippen LogP contribution in [-0.2, 0) is 6.42 Å². The fourth-order valence-corrected chi connectivity index (χ4v) is 3.11. The number of hydrogen-bond donors (Lipinski definition) is 0. The Balaban J connectivity index is 2.60. The average Bonchev–Trinajstić information content (AvgIpc) is 2.32. The van der Waals surface area contributed by atoms with Crippen LogP contribution in [0.2, 0.25) is 10.3 Å². The van der Waals surface area contributed by atoms with Gasteiger partial charge in [-0.25, -0.2) is 9.97 Å². The summed E-state index contributed by atoms with van der Waals surface area (Å²) in [6.45, 7) is 8.27. The van der Waals surface area contributed by atoms with E-state index in [1.807, 2.05) is 0 Å². The van der Waals surface area contributed by atoms with E-state index in [2.05, 4.69) is 49.8 Å². The molecule has 0 saturated carbocycles. The van der Waals surface area contributed by atoms with Crippen molar-refractivity contribution in [2.24, 2.45) is 0 Å². The lowest BCUT2D eigenvalue weighted by Crippen LogP contribution is -2.00. The maximum atomic E-state index is 6.26. The molecule has 0 atom stereocenters. The number of nitrogens with zero attached hydrogens (tertiary/aromatic N) is 2. The molecule has 106 valence electrons. The highest BCUT2D eigenvalue weighted by atomic mass is 35.5. The van der Waals surface area contributed by atoms with Crippen molar-refractivity contribution in [3.8, 4) is 11.4 Å². The molecule has 0 bridgehead atoms. The molecule has 4 heteroatoms. The summed E-state index contributed by atoms with van der Waals surface area (Å²) in [5, 5.41) is 0.919. The highest BCUT2D eigenvalue weighted by molar-refractivity contribution is 6.34. The lowest BCUT2D eigenvalue weighted by atomic mass is 9.99. The van der Waals surface area contributed by atoms with E-state index in [-0.39, 0.29) is 0 Å². The minimum atomic E-state index is 0.459. The smallest absolute Gasteiger partial charge is 0.163 e. The zero-order chi connectivity index (χ0) is 14.9. The lowest BCUT2D eigenvalue weighted by molar-refractivity contribution is 0.902. The summed E-state index contributed by atoms with van der Waals surface area (Å²) >= 11 is 12.5. The normalized spacial score (nSPS) is 10.9. The molecule has 0 fully saturated rings. The quantitative estimate of drug-likeness (QED) is 0.716. The summed E-state index contributed by atoms with van der Waals surface area (Å²) in [6, 6.07) is 4.24. The van der Waals surface area contributed by atoms with Crippen molar-refractivity contribution in [1.29, 1.82) is 0 Å². The Morgan fingerprint density at radius 2 is 1.45 bits per heavy atom. The Bertz CT molecular complexity index is 605. The van der Waals surface area contributed by atoms with E-state index in [0.717, 1.165) is 35.1 Å². The van der Waals surface area contributed by atoms with E-state index in [4.69, 9.17) is 23.2 Å². The first-order valence-corrected chi connectivity index (χ1v) is 7.49. The second kappa shape index (κ2) is 6.11. The third-order valence-corrected chi connectivity index (χ3v) is 3.93. The van der Waals surface area contributed by atoms with Crippen molar-refractivity contribution < 1.29 is 0 Å². The van der Waals surface area contributed by atoms with Crippen LogP contribution in [0.5, 0.6) is 0 Å². The van der Waals surface area contributed by atoms with Gasteiger partial charge in [0.2, 0.25) is 0 Å². The third-order valence-electron chi connectivity index (χ3n) is 3.31. The first-order valence-electron chi connectivity index (χ1n) is 6.74. The van der Waals surface area contributed by atoms with E-state index in [1.165, 1.54) is 5.56 Å². The zero-order valence-electron chi connectivity index (χ0n) is 12.2. The van der Waals surface area contributed by atoms with Crippen LogP contribution in [0, 0.1) is 20.8 Å². The minimum Gasteiger partial charge on any atom is -0.216 e. The largest absolute Gasteiger partial charge is 0.216 e. The van der Waals surface area contributed by atoms with Crippen molar-refractivity contribution in [1.82, 2.24) is 9.97 Å². The molecule has 1 aromatic carbocycles. The standard InChI is InChI=1S/C16H18Cl2N2/c1-5-6-12-14(17)19-16(20-15(12)18)13-10(3)7-9(2)8-11(13)4/h7-8H,5-6H2,1-4H3. The molecule has 0 N–H and O–H groups in total. The molecule has 2 rings (SSSR count). The van der Waals surface area contributed by atoms with E-state index in [1.54, 1.807) is 0 Å². The summed E-state index contributed by atoms with van der Waals surface area (Å²) in [6.07, 6.45) is 1.76. The highest BCUT2D eigenvalue weighted by Gasteiger charge is 2.15. The topological polar surface area (TPSA) is 25.8 Å². The number of benzene rings is 1. The summed E-state index contributed by atoms with van der Waals surface area (Å²) in [4.78, 5) is 8.89. The minimum absolute atomic E-state index is 0.459. The summed E-state index contributed by atoms with van der Waals surface area (Å²) in [5.41, 5.74) is 5.35. The van der Waals surface area contributed by atoms with Gasteiger partial charge in [0, 0.05) is 11.1 Å². The third kappa shape index (κ3) is 2.97. The van der Waals surface area contributed by atoms with E-state index in [0.29, 0.717) is 16.1 Å². The Morgan fingerprint density at radius 1 is 0.950 bits per heavy atom. The predicted octanol–water partition coefficient (Wildman–Crippen LogP) is 5.33. The molecule has 0 spiro atoms. The van der Waals surface area contributed by atoms with Crippen LogP contribution in [0.15, 0.2) is 12.1 Å². The molecule has 0 radical (unpaired) electrons. The number of halogens is 2. The Kier molecular flexibility index (Phi) is 4.66. The first kappa shape index (κ1) is 15.3. The number of hydrogen-bond acceptors (Lipinski definition) is 2. The molecule has 0 aliphatic heterocycles. The molecule has 2 aromatic rings. The first-order chi connectivity index (χ1) is 9.43. The molecule has 2 nitrogen and oxygen atoms in total. The molecule has 0 unspecified atom stereocenters. The Hall–Kier alpha value is -1.12. The summed E-state index contributed by atoms with van der Waals surface area (Å²) < 4.78 is 0. The molecular weight excluding hydrogens is 291 g/mol. The van der Waals surface area contributed by atoms with Gasteiger partial charge < -0.3 is 0 Å². The van der Waals surface area contributed by atoms with Gasteiger partial charge in [-0.2, -0.15) is 0 Å². The summed E-state index contributed by atoms with van der Waals surface area (Å²) in [7, 11) is 0. The molecule has 0 saturated heterocycles. The molecule has 1 aromatic heterocycles. The van der Waals surface area contributed by atoms with Gasteiger partial charge >= 0.3 is 0 Å². The second-order valence-corrected chi connectivity index (χ2v) is 5.85. The van der Waals surface area contributed by atoms with Crippen molar-refractivity contribution >= 4 is 23.2 Å². The lowest BCUT2D eigenvalue weighted by Gasteiger charge is -2.12. The van der Waals surface area contributed by atoms with Gasteiger partial charge in [0.15, 0.2) is 5.82 Å². The van der Waals surface area contributed by atoms with Crippen LogP contribution >= 0.6 is 23.2 Å². The van der Waals surface area contributed by atoms with Crippen molar-refractivity contribution in [3.05, 3.63) is 44.7 Å². The van der Waals surface area contributed by atoms with Gasteiger partial charge in [-0.05, 0) is 38.3 Å². The Morgan fingerprint density at radius 3 is 1.90 bits per heavy atom. The monoisotopic (exact) mass is 308 g/mol. The zero-order valence-corrected chi connectivity index (χ0v) is 13.7. The van der Waals surface area contributed by atoms with Crippen molar-refractivity contribution in [2.45, 2.75) is 40.5 Å². The summed E-state index contributed by atoms with van der Waals surface area (Å²) in [5.74, 6) is 0.606. The number of aryl methyl sites for hydroxylation is 3. The van der Waals surface area contributed by atoms with E-state index < -0.39 is 0 Å². The fourth-order valence-electron chi connectivity index (χ4n) is 2.53.